The van der Waals surface area contributed by atoms with Crippen molar-refractivity contribution in [1.29, 1.82) is 0 Å². The topological polar surface area (TPSA) is 104 Å². The molecule has 1 saturated carbocycles. The van der Waals surface area contributed by atoms with Gasteiger partial charge in [0.25, 0.3) is 0 Å². The maximum atomic E-state index is 12.4. The normalized spacial score (nSPS) is 16.2. The zero-order valence-corrected chi connectivity index (χ0v) is 18.6. The van der Waals surface area contributed by atoms with E-state index in [1.54, 1.807) is 36.5 Å². The first-order valence-electron chi connectivity index (χ1n) is 10.3. The van der Waals surface area contributed by atoms with Crippen LogP contribution >= 0.6 is 7.60 Å². The number of nitrogens with one attached hydrogen (secondary N) is 1. The molecule has 3 rings (SSSR count). The Bertz CT molecular complexity index is 967. The maximum absolute atomic E-state index is 12.4. The molecule has 1 aromatic carbocycles. The van der Waals surface area contributed by atoms with Gasteiger partial charge in [0.15, 0.2) is 0 Å². The Kier molecular flexibility index (Phi) is 6.65. The number of amides is 1. The van der Waals surface area contributed by atoms with Gasteiger partial charge in [-0.2, -0.15) is 5.10 Å². The van der Waals surface area contributed by atoms with Gasteiger partial charge in [-0.3, -0.25) is 14.0 Å². The smallest absolute Gasteiger partial charge is 0.324 e. The first-order chi connectivity index (χ1) is 14.1. The molecule has 3 N–H and O–H groups in total. The maximum Gasteiger partial charge on any atom is 0.335 e. The summed E-state index contributed by atoms with van der Waals surface area (Å²) in [6, 6.07) is 6.55. The number of carbonyl (C=O) groups excluding carboxylic acids is 1. The molecule has 1 heterocycles. The van der Waals surface area contributed by atoms with Crippen molar-refractivity contribution in [3.05, 3.63) is 53.4 Å². The van der Waals surface area contributed by atoms with E-state index in [0.717, 1.165) is 18.4 Å². The van der Waals surface area contributed by atoms with E-state index in [9.17, 15) is 19.1 Å². The van der Waals surface area contributed by atoms with Gasteiger partial charge < -0.3 is 15.1 Å². The van der Waals surface area contributed by atoms with Gasteiger partial charge in [0.05, 0.1) is 11.4 Å². The van der Waals surface area contributed by atoms with Crippen LogP contribution in [0.1, 0.15) is 68.7 Å². The van der Waals surface area contributed by atoms with Crippen molar-refractivity contribution in [3.63, 3.8) is 0 Å². The van der Waals surface area contributed by atoms with E-state index in [1.165, 1.54) is 44.9 Å². The average Bonchev–Trinajstić information content (AvgIpc) is 3.07. The van der Waals surface area contributed by atoms with E-state index in [1.807, 2.05) is 11.7 Å². The molecule has 2 aromatic rings. The molecule has 1 fully saturated rings. The zero-order chi connectivity index (χ0) is 21.9. The molecule has 0 atom stereocenters. The van der Waals surface area contributed by atoms with Gasteiger partial charge in [0.2, 0.25) is 5.91 Å². The predicted molar refractivity (Wildman–Crippen MR) is 118 cm³/mol. The number of rotatable bonds is 6. The third-order valence-corrected chi connectivity index (χ3v) is 7.72. The number of nitrogens with zero attached hydrogens (tertiary/aromatic N) is 2. The first kappa shape index (κ1) is 22.5. The lowest BCUT2D eigenvalue weighted by Gasteiger charge is -2.26. The number of benzene rings is 1. The van der Waals surface area contributed by atoms with Crippen molar-refractivity contribution < 1.29 is 19.1 Å². The molecule has 7 nitrogen and oxygen atoms in total. The van der Waals surface area contributed by atoms with Crippen LogP contribution in [0.5, 0.6) is 0 Å². The summed E-state index contributed by atoms with van der Waals surface area (Å²) < 4.78 is 13.6. The average molecular weight is 431 g/mol. The Hall–Kier alpha value is -2.21. The molecule has 162 valence electrons. The third-order valence-electron chi connectivity index (χ3n) is 6.01. The molecule has 1 aliphatic rings. The Morgan fingerprint density at radius 3 is 2.43 bits per heavy atom. The fourth-order valence-corrected chi connectivity index (χ4v) is 4.43. The second-order valence-electron chi connectivity index (χ2n) is 8.45. The van der Waals surface area contributed by atoms with Crippen LogP contribution in [0.25, 0.3) is 6.08 Å². The lowest BCUT2D eigenvalue weighted by molar-refractivity contribution is -0.111. The van der Waals surface area contributed by atoms with E-state index in [4.69, 9.17) is 0 Å². The highest BCUT2D eigenvalue weighted by Crippen LogP contribution is 2.56. The summed E-state index contributed by atoms with van der Waals surface area (Å²) >= 11 is 0. The number of aryl methyl sites for hydroxylation is 1. The summed E-state index contributed by atoms with van der Waals surface area (Å²) in [5.74, 6) is 0.217. The molecule has 30 heavy (non-hydrogen) atoms. The van der Waals surface area contributed by atoms with Crippen LogP contribution in [0, 0.1) is 0 Å². The van der Waals surface area contributed by atoms with Crippen LogP contribution in [0.15, 0.2) is 36.5 Å². The first-order valence-corrected chi connectivity index (χ1v) is 11.9. The predicted octanol–water partition coefficient (Wildman–Crippen LogP) is 4.53. The quantitative estimate of drug-likeness (QED) is 0.460. The summed E-state index contributed by atoms with van der Waals surface area (Å²) in [4.78, 5) is 31.4. The number of hydrogen-bond donors (Lipinski definition) is 3. The Morgan fingerprint density at radius 1 is 1.20 bits per heavy atom. The lowest BCUT2D eigenvalue weighted by atomic mass is 9.85. The van der Waals surface area contributed by atoms with Crippen LogP contribution in [0.3, 0.4) is 0 Å². The zero-order valence-electron chi connectivity index (χ0n) is 17.7. The van der Waals surface area contributed by atoms with Crippen molar-refractivity contribution in [3.8, 4) is 0 Å². The van der Waals surface area contributed by atoms with Crippen molar-refractivity contribution in [2.24, 2.45) is 7.05 Å². The minimum Gasteiger partial charge on any atom is -0.324 e. The van der Waals surface area contributed by atoms with Gasteiger partial charge in [0, 0.05) is 36.0 Å². The van der Waals surface area contributed by atoms with Crippen LogP contribution in [-0.4, -0.2) is 25.5 Å². The van der Waals surface area contributed by atoms with E-state index in [-0.39, 0.29) is 5.91 Å². The number of aromatic nitrogens is 2. The lowest BCUT2D eigenvalue weighted by Crippen LogP contribution is -2.17. The summed E-state index contributed by atoms with van der Waals surface area (Å²) in [5, 5.41) is 5.88. The molecule has 0 unspecified atom stereocenters. The highest BCUT2D eigenvalue weighted by atomic mass is 31.2. The molecule has 0 saturated heterocycles. The highest BCUT2D eigenvalue weighted by Gasteiger charge is 2.39. The molecule has 0 radical (unpaired) electrons. The molecule has 0 spiro atoms. The van der Waals surface area contributed by atoms with Gasteiger partial charge in [-0.1, -0.05) is 31.4 Å². The summed E-state index contributed by atoms with van der Waals surface area (Å²) in [5.41, 5.74) is 3.23. The molecule has 0 aliphatic heterocycles. The van der Waals surface area contributed by atoms with Crippen molar-refractivity contribution in [1.82, 2.24) is 9.78 Å². The molecule has 8 heteroatoms. The standard InChI is InChI=1S/C22H30N3O4P/c1-22(2,30(27,28)29)18-10-12-19(13-11-18)24-20(26)14-9-17-15-23-25(3)21(17)16-7-5-4-6-8-16/h9-16H,4-8H2,1-3H3,(H,24,26)(H2,27,28,29)/b14-9+. The Labute approximate surface area is 177 Å². The highest BCUT2D eigenvalue weighted by molar-refractivity contribution is 7.53. The van der Waals surface area contributed by atoms with Crippen LogP contribution < -0.4 is 5.32 Å². The molecule has 1 amide bonds. The van der Waals surface area contributed by atoms with Gasteiger partial charge in [0.1, 0.15) is 0 Å². The summed E-state index contributed by atoms with van der Waals surface area (Å²) in [6.45, 7) is 3.00. The van der Waals surface area contributed by atoms with Gasteiger partial charge in [-0.05, 0) is 50.5 Å². The van der Waals surface area contributed by atoms with E-state index >= 15 is 0 Å². The molecule has 1 aromatic heterocycles. The molecular formula is C22H30N3O4P. The third kappa shape index (κ3) is 4.91. The van der Waals surface area contributed by atoms with E-state index in [0.29, 0.717) is 17.2 Å². The number of carbonyl (C=O) groups is 1. The molecule has 1 aliphatic carbocycles. The Morgan fingerprint density at radius 2 is 1.83 bits per heavy atom. The van der Waals surface area contributed by atoms with Gasteiger partial charge in [-0.25, -0.2) is 0 Å². The van der Waals surface area contributed by atoms with Crippen molar-refractivity contribution >= 4 is 25.3 Å². The number of hydrogen-bond acceptors (Lipinski definition) is 3. The van der Waals surface area contributed by atoms with Crippen LogP contribution in [0.4, 0.5) is 5.69 Å². The molecule has 0 bridgehead atoms. The van der Waals surface area contributed by atoms with Crippen molar-refractivity contribution in [2.75, 3.05) is 5.32 Å². The number of anilines is 1. The minimum absolute atomic E-state index is 0.268. The monoisotopic (exact) mass is 431 g/mol. The SMILES string of the molecule is Cn1ncc(/C=C/C(=O)Nc2ccc(C(C)(C)P(=O)(O)O)cc2)c1C1CCCCC1. The fraction of sp³-hybridized carbons (Fsp3) is 0.455. The molecular weight excluding hydrogens is 401 g/mol. The Balaban J connectivity index is 1.68. The van der Waals surface area contributed by atoms with Gasteiger partial charge in [-0.15, -0.1) is 0 Å². The largest absolute Gasteiger partial charge is 0.335 e. The fourth-order valence-electron chi connectivity index (χ4n) is 3.95. The van der Waals surface area contributed by atoms with Crippen LogP contribution in [0.2, 0.25) is 0 Å². The van der Waals surface area contributed by atoms with E-state index in [2.05, 4.69) is 10.4 Å². The van der Waals surface area contributed by atoms with E-state index < -0.39 is 12.8 Å². The second-order valence-corrected chi connectivity index (χ2v) is 10.7. The minimum atomic E-state index is -4.30. The van der Waals surface area contributed by atoms with Crippen molar-refractivity contribution in [2.45, 2.75) is 57.0 Å². The van der Waals surface area contributed by atoms with Gasteiger partial charge >= 0.3 is 7.60 Å². The summed E-state index contributed by atoms with van der Waals surface area (Å²) in [7, 11) is -2.35. The van der Waals surface area contributed by atoms with Crippen LogP contribution in [-0.2, 0) is 21.6 Å². The second kappa shape index (κ2) is 8.88. The summed E-state index contributed by atoms with van der Waals surface area (Å²) in [6.07, 6.45) is 11.2.